The van der Waals surface area contributed by atoms with Gasteiger partial charge in [-0.3, -0.25) is 9.69 Å². The lowest BCUT2D eigenvalue weighted by Crippen LogP contribution is -2.42. The van der Waals surface area contributed by atoms with Crippen molar-refractivity contribution >= 4 is 11.5 Å². The Labute approximate surface area is 145 Å². The predicted molar refractivity (Wildman–Crippen MR) is 98.7 cm³/mol. The zero-order valence-electron chi connectivity index (χ0n) is 14.9. The summed E-state index contributed by atoms with van der Waals surface area (Å²) in [6.07, 6.45) is 5.53. The monoisotopic (exact) mass is 327 g/mol. The molecule has 0 radical (unpaired) electrons. The molecule has 1 amide bonds. The van der Waals surface area contributed by atoms with Gasteiger partial charge in [0.15, 0.2) is 0 Å². The van der Waals surface area contributed by atoms with Crippen LogP contribution < -0.4 is 11.1 Å². The molecule has 0 atom stereocenters. The fourth-order valence-corrected chi connectivity index (χ4v) is 3.62. The molecule has 1 aliphatic carbocycles. The van der Waals surface area contributed by atoms with Gasteiger partial charge in [0.1, 0.15) is 0 Å². The normalized spacial score (nSPS) is 21.3. The number of nitrogens with two attached hydrogens (primary N) is 1. The third-order valence-corrected chi connectivity index (χ3v) is 5.28. The Kier molecular flexibility index (Phi) is 5.07. The molecular weight excluding hydrogens is 298 g/mol. The van der Waals surface area contributed by atoms with E-state index in [0.29, 0.717) is 11.0 Å². The molecule has 4 nitrogen and oxygen atoms in total. The number of piperazine rings is 1. The highest BCUT2D eigenvalue weighted by Gasteiger charge is 2.24. The van der Waals surface area contributed by atoms with Crippen molar-refractivity contribution in [2.75, 3.05) is 26.2 Å². The fraction of sp³-hybridized carbons (Fsp3) is 0.550. The Hall–Kier alpha value is -1.65. The van der Waals surface area contributed by atoms with E-state index in [-0.39, 0.29) is 5.91 Å². The number of benzene rings is 1. The standard InChI is InChI=1S/C20H29N3O/c1-20(2)7-5-16(6-8-20)18-13-15(3-4-17(18)19(21)24)14-23-11-9-22-10-12-23/h3-5,13,22H,6-12,14H2,1-2H3,(H2,21,24). The van der Waals surface area contributed by atoms with Crippen molar-refractivity contribution in [2.24, 2.45) is 11.1 Å². The lowest BCUT2D eigenvalue weighted by Gasteiger charge is -2.30. The number of hydrogen-bond donors (Lipinski definition) is 2. The number of hydrogen-bond acceptors (Lipinski definition) is 3. The topological polar surface area (TPSA) is 58.4 Å². The Bertz CT molecular complexity index is 642. The summed E-state index contributed by atoms with van der Waals surface area (Å²) in [6, 6.07) is 6.15. The average molecular weight is 327 g/mol. The van der Waals surface area contributed by atoms with Crippen molar-refractivity contribution in [1.82, 2.24) is 10.2 Å². The summed E-state index contributed by atoms with van der Waals surface area (Å²) in [5.74, 6) is -0.329. The molecule has 0 bridgehead atoms. The Morgan fingerprint density at radius 2 is 2.04 bits per heavy atom. The number of rotatable bonds is 4. The predicted octanol–water partition coefficient (Wildman–Crippen LogP) is 2.78. The summed E-state index contributed by atoms with van der Waals surface area (Å²) in [5, 5.41) is 3.38. The number of allylic oxidation sites excluding steroid dienone is 2. The van der Waals surface area contributed by atoms with Gasteiger partial charge in [-0.1, -0.05) is 26.0 Å². The van der Waals surface area contributed by atoms with E-state index in [1.54, 1.807) is 0 Å². The quantitative estimate of drug-likeness (QED) is 0.894. The largest absolute Gasteiger partial charge is 0.366 e. The highest BCUT2D eigenvalue weighted by molar-refractivity contribution is 5.98. The first kappa shape index (κ1) is 17.2. The molecule has 1 heterocycles. The summed E-state index contributed by atoms with van der Waals surface area (Å²) < 4.78 is 0. The van der Waals surface area contributed by atoms with Crippen LogP contribution in [0.15, 0.2) is 24.3 Å². The van der Waals surface area contributed by atoms with Crippen LogP contribution >= 0.6 is 0 Å². The van der Waals surface area contributed by atoms with Crippen molar-refractivity contribution in [3.05, 3.63) is 41.0 Å². The van der Waals surface area contributed by atoms with E-state index < -0.39 is 0 Å². The first-order valence-electron chi connectivity index (χ1n) is 9.00. The van der Waals surface area contributed by atoms with Crippen LogP contribution in [0.5, 0.6) is 0 Å². The minimum atomic E-state index is -0.329. The van der Waals surface area contributed by atoms with Crippen LogP contribution in [0.4, 0.5) is 0 Å². The van der Waals surface area contributed by atoms with Gasteiger partial charge in [0.2, 0.25) is 5.91 Å². The average Bonchev–Trinajstić information content (AvgIpc) is 2.55. The van der Waals surface area contributed by atoms with Gasteiger partial charge in [-0.05, 0) is 53.5 Å². The fourth-order valence-electron chi connectivity index (χ4n) is 3.62. The van der Waals surface area contributed by atoms with Gasteiger partial charge in [0, 0.05) is 38.3 Å². The van der Waals surface area contributed by atoms with Crippen LogP contribution in [-0.2, 0) is 6.54 Å². The van der Waals surface area contributed by atoms with Crippen molar-refractivity contribution in [3.8, 4) is 0 Å². The van der Waals surface area contributed by atoms with Crippen LogP contribution in [-0.4, -0.2) is 37.0 Å². The maximum atomic E-state index is 11.9. The molecule has 0 unspecified atom stereocenters. The molecule has 1 aromatic rings. The maximum Gasteiger partial charge on any atom is 0.249 e. The second kappa shape index (κ2) is 7.08. The molecule has 130 valence electrons. The Balaban J connectivity index is 1.86. The van der Waals surface area contributed by atoms with Gasteiger partial charge >= 0.3 is 0 Å². The number of nitrogens with one attached hydrogen (secondary N) is 1. The van der Waals surface area contributed by atoms with E-state index >= 15 is 0 Å². The van der Waals surface area contributed by atoms with Gasteiger partial charge < -0.3 is 11.1 Å². The van der Waals surface area contributed by atoms with Crippen molar-refractivity contribution in [1.29, 1.82) is 0 Å². The Morgan fingerprint density at radius 1 is 1.29 bits per heavy atom. The molecule has 1 saturated heterocycles. The third-order valence-electron chi connectivity index (χ3n) is 5.28. The molecule has 4 heteroatoms. The molecule has 0 saturated carbocycles. The minimum absolute atomic E-state index is 0.329. The number of amides is 1. The lowest BCUT2D eigenvalue weighted by atomic mass is 9.76. The van der Waals surface area contributed by atoms with Crippen molar-refractivity contribution in [3.63, 3.8) is 0 Å². The summed E-state index contributed by atoms with van der Waals surface area (Å²) in [5.41, 5.74) is 10.2. The zero-order valence-corrected chi connectivity index (χ0v) is 14.9. The second-order valence-corrected chi connectivity index (χ2v) is 7.87. The van der Waals surface area contributed by atoms with Crippen LogP contribution in [0.3, 0.4) is 0 Å². The molecule has 0 aromatic heterocycles. The summed E-state index contributed by atoms with van der Waals surface area (Å²) >= 11 is 0. The number of primary amides is 1. The SMILES string of the molecule is CC1(C)CC=C(c2cc(CN3CCNCC3)ccc2C(N)=O)CC1. The zero-order chi connectivity index (χ0) is 17.2. The Morgan fingerprint density at radius 3 is 2.67 bits per heavy atom. The lowest BCUT2D eigenvalue weighted by molar-refractivity contribution is 0.1000. The van der Waals surface area contributed by atoms with E-state index in [2.05, 4.69) is 42.3 Å². The number of carbonyl (C=O) groups excluding carboxylic acids is 1. The molecule has 3 rings (SSSR count). The van der Waals surface area contributed by atoms with Gasteiger partial charge in [0.25, 0.3) is 0 Å². The van der Waals surface area contributed by atoms with Crippen molar-refractivity contribution < 1.29 is 4.79 Å². The number of nitrogens with zero attached hydrogens (tertiary/aromatic N) is 1. The van der Waals surface area contributed by atoms with E-state index in [1.165, 1.54) is 11.1 Å². The second-order valence-electron chi connectivity index (χ2n) is 7.87. The first-order valence-corrected chi connectivity index (χ1v) is 9.00. The van der Waals surface area contributed by atoms with E-state index in [9.17, 15) is 4.79 Å². The highest BCUT2D eigenvalue weighted by Crippen LogP contribution is 2.39. The molecule has 2 aliphatic rings. The summed E-state index contributed by atoms with van der Waals surface area (Å²) in [4.78, 5) is 14.3. The van der Waals surface area contributed by atoms with Gasteiger partial charge in [0.05, 0.1) is 0 Å². The van der Waals surface area contributed by atoms with Crippen LogP contribution in [0.2, 0.25) is 0 Å². The molecular formula is C20H29N3O. The van der Waals surface area contributed by atoms with E-state index in [1.807, 2.05) is 6.07 Å². The molecule has 24 heavy (non-hydrogen) atoms. The minimum Gasteiger partial charge on any atom is -0.366 e. The molecule has 1 aliphatic heterocycles. The van der Waals surface area contributed by atoms with E-state index in [4.69, 9.17) is 5.73 Å². The highest BCUT2D eigenvalue weighted by atomic mass is 16.1. The number of carbonyl (C=O) groups is 1. The smallest absolute Gasteiger partial charge is 0.249 e. The van der Waals surface area contributed by atoms with Crippen LogP contribution in [0.1, 0.15) is 54.6 Å². The van der Waals surface area contributed by atoms with Crippen molar-refractivity contribution in [2.45, 2.75) is 39.7 Å². The van der Waals surface area contributed by atoms with Gasteiger partial charge in [-0.2, -0.15) is 0 Å². The summed E-state index contributed by atoms with van der Waals surface area (Å²) in [7, 11) is 0. The molecule has 1 aromatic carbocycles. The maximum absolute atomic E-state index is 11.9. The van der Waals surface area contributed by atoms with E-state index in [0.717, 1.165) is 57.5 Å². The van der Waals surface area contributed by atoms with Crippen LogP contribution in [0.25, 0.3) is 5.57 Å². The first-order chi connectivity index (χ1) is 11.4. The summed E-state index contributed by atoms with van der Waals surface area (Å²) in [6.45, 7) is 9.78. The third kappa shape index (κ3) is 4.05. The molecule has 0 spiro atoms. The van der Waals surface area contributed by atoms with Gasteiger partial charge in [-0.15, -0.1) is 0 Å². The molecule has 1 fully saturated rings. The van der Waals surface area contributed by atoms with Crippen LogP contribution in [0, 0.1) is 5.41 Å². The molecule has 3 N–H and O–H groups in total. The van der Waals surface area contributed by atoms with Gasteiger partial charge in [-0.25, -0.2) is 0 Å².